The first kappa shape index (κ1) is 13.4. The quantitative estimate of drug-likeness (QED) is 0.728. The van der Waals surface area contributed by atoms with Crippen LogP contribution in [0.1, 0.15) is 21.5 Å². The third-order valence-electron chi connectivity index (χ3n) is 3.79. The molecular formula is C19H16O2. The molecule has 0 heterocycles. The van der Waals surface area contributed by atoms with Crippen molar-refractivity contribution in [3.63, 3.8) is 0 Å². The fourth-order valence-electron chi connectivity index (χ4n) is 2.60. The lowest BCUT2D eigenvalue weighted by molar-refractivity contribution is 0.0697. The van der Waals surface area contributed by atoms with Crippen LogP contribution < -0.4 is 0 Å². The van der Waals surface area contributed by atoms with E-state index in [0.29, 0.717) is 5.56 Å². The molecule has 21 heavy (non-hydrogen) atoms. The molecule has 0 spiro atoms. The summed E-state index contributed by atoms with van der Waals surface area (Å²) in [6.45, 7) is 4.07. The first-order valence-electron chi connectivity index (χ1n) is 6.89. The molecule has 0 bridgehead atoms. The molecule has 1 N–H and O–H groups in total. The molecule has 0 fully saturated rings. The Morgan fingerprint density at radius 3 is 2.38 bits per heavy atom. The van der Waals surface area contributed by atoms with Gasteiger partial charge < -0.3 is 5.11 Å². The zero-order chi connectivity index (χ0) is 15.0. The Balaban J connectivity index is 2.20. The Labute approximate surface area is 123 Å². The fourth-order valence-corrected chi connectivity index (χ4v) is 2.60. The molecule has 104 valence electrons. The van der Waals surface area contributed by atoms with Gasteiger partial charge in [0.05, 0.1) is 5.56 Å². The highest BCUT2D eigenvalue weighted by molar-refractivity contribution is 5.92. The van der Waals surface area contributed by atoms with Crippen molar-refractivity contribution in [1.82, 2.24) is 0 Å². The molecule has 3 aromatic rings. The topological polar surface area (TPSA) is 37.3 Å². The minimum absolute atomic E-state index is 0.319. The zero-order valence-electron chi connectivity index (χ0n) is 12.1. The molecule has 0 aromatic heterocycles. The number of carboxylic acids is 1. The molecule has 0 atom stereocenters. The molecule has 2 heteroatoms. The van der Waals surface area contributed by atoms with Crippen molar-refractivity contribution in [2.24, 2.45) is 0 Å². The standard InChI is InChI=1S/C19H16O2/c1-12-3-5-14-7-8-15(10-17(14)9-12)18-11-16(19(20)21)6-4-13(18)2/h3-11H,1-2H3,(H,20,21). The lowest BCUT2D eigenvalue weighted by Crippen LogP contribution is -1.97. The number of benzene rings is 3. The SMILES string of the molecule is Cc1ccc2ccc(-c3cc(C(=O)O)ccc3C)cc2c1. The van der Waals surface area contributed by atoms with Gasteiger partial charge in [0, 0.05) is 0 Å². The van der Waals surface area contributed by atoms with E-state index in [9.17, 15) is 4.79 Å². The Bertz CT molecular complexity index is 847. The van der Waals surface area contributed by atoms with Crippen molar-refractivity contribution in [2.75, 3.05) is 0 Å². The van der Waals surface area contributed by atoms with Gasteiger partial charge in [-0.2, -0.15) is 0 Å². The Hall–Kier alpha value is -2.61. The molecule has 0 saturated heterocycles. The summed E-state index contributed by atoms with van der Waals surface area (Å²) in [5, 5.41) is 11.5. The predicted octanol–water partition coefficient (Wildman–Crippen LogP) is 4.82. The van der Waals surface area contributed by atoms with Crippen molar-refractivity contribution in [3.05, 3.63) is 71.3 Å². The summed E-state index contributed by atoms with van der Waals surface area (Å²) >= 11 is 0. The van der Waals surface area contributed by atoms with Crippen LogP contribution in [0.2, 0.25) is 0 Å². The Kier molecular flexibility index (Phi) is 3.22. The average Bonchev–Trinajstić information content (AvgIpc) is 2.46. The monoisotopic (exact) mass is 276 g/mol. The summed E-state index contributed by atoms with van der Waals surface area (Å²) in [4.78, 5) is 11.2. The second kappa shape index (κ2) is 5.06. The molecule has 0 saturated carbocycles. The predicted molar refractivity (Wildman–Crippen MR) is 85.8 cm³/mol. The van der Waals surface area contributed by atoms with Crippen LogP contribution in [-0.4, -0.2) is 11.1 Å². The zero-order valence-corrected chi connectivity index (χ0v) is 12.1. The first-order chi connectivity index (χ1) is 10.0. The number of aromatic carboxylic acids is 1. The van der Waals surface area contributed by atoms with Gasteiger partial charge in [0.2, 0.25) is 0 Å². The normalized spacial score (nSPS) is 10.8. The van der Waals surface area contributed by atoms with E-state index in [1.807, 2.05) is 19.1 Å². The third kappa shape index (κ3) is 2.52. The largest absolute Gasteiger partial charge is 0.478 e. The summed E-state index contributed by atoms with van der Waals surface area (Å²) in [5.41, 5.74) is 4.63. The van der Waals surface area contributed by atoms with E-state index in [4.69, 9.17) is 5.11 Å². The number of aryl methyl sites for hydroxylation is 2. The van der Waals surface area contributed by atoms with Gasteiger partial charge in [-0.1, -0.05) is 42.0 Å². The smallest absolute Gasteiger partial charge is 0.335 e. The van der Waals surface area contributed by atoms with Crippen molar-refractivity contribution < 1.29 is 9.90 Å². The van der Waals surface area contributed by atoms with E-state index in [-0.39, 0.29) is 0 Å². The average molecular weight is 276 g/mol. The van der Waals surface area contributed by atoms with E-state index < -0.39 is 5.97 Å². The summed E-state index contributed by atoms with van der Waals surface area (Å²) in [6.07, 6.45) is 0. The first-order valence-corrected chi connectivity index (χ1v) is 6.89. The second-order valence-corrected chi connectivity index (χ2v) is 5.40. The van der Waals surface area contributed by atoms with Gasteiger partial charge in [-0.3, -0.25) is 0 Å². The van der Waals surface area contributed by atoms with Crippen LogP contribution in [0.4, 0.5) is 0 Å². The van der Waals surface area contributed by atoms with E-state index in [2.05, 4.69) is 37.3 Å². The molecule has 2 nitrogen and oxygen atoms in total. The van der Waals surface area contributed by atoms with E-state index in [1.54, 1.807) is 12.1 Å². The van der Waals surface area contributed by atoms with Crippen LogP contribution in [-0.2, 0) is 0 Å². The molecular weight excluding hydrogens is 260 g/mol. The van der Waals surface area contributed by atoms with Crippen LogP contribution in [0.25, 0.3) is 21.9 Å². The maximum absolute atomic E-state index is 11.2. The molecule has 0 aliphatic heterocycles. The van der Waals surface area contributed by atoms with Gasteiger partial charge in [-0.25, -0.2) is 4.79 Å². The fraction of sp³-hybridized carbons (Fsp3) is 0.105. The maximum atomic E-state index is 11.2. The van der Waals surface area contributed by atoms with Gasteiger partial charge in [0.25, 0.3) is 0 Å². The van der Waals surface area contributed by atoms with Gasteiger partial charge in [0.15, 0.2) is 0 Å². The summed E-state index contributed by atoms with van der Waals surface area (Å²) in [5.74, 6) is -0.895. The van der Waals surface area contributed by atoms with E-state index >= 15 is 0 Å². The van der Waals surface area contributed by atoms with Crippen molar-refractivity contribution in [1.29, 1.82) is 0 Å². The van der Waals surface area contributed by atoms with Crippen LogP contribution in [0, 0.1) is 13.8 Å². The number of carbonyl (C=O) groups is 1. The number of fused-ring (bicyclic) bond motifs is 1. The molecule has 0 aliphatic rings. The number of hydrogen-bond acceptors (Lipinski definition) is 1. The van der Waals surface area contributed by atoms with E-state index in [0.717, 1.165) is 16.7 Å². The molecule has 3 rings (SSSR count). The van der Waals surface area contributed by atoms with E-state index in [1.165, 1.54) is 16.3 Å². The molecule has 0 aliphatic carbocycles. The Morgan fingerprint density at radius 2 is 1.62 bits per heavy atom. The van der Waals surface area contributed by atoms with Crippen LogP contribution >= 0.6 is 0 Å². The molecule has 3 aromatic carbocycles. The van der Waals surface area contributed by atoms with Crippen molar-refractivity contribution >= 4 is 16.7 Å². The highest BCUT2D eigenvalue weighted by atomic mass is 16.4. The van der Waals surface area contributed by atoms with Gasteiger partial charge in [-0.15, -0.1) is 0 Å². The highest BCUT2D eigenvalue weighted by Gasteiger charge is 2.08. The lowest BCUT2D eigenvalue weighted by Gasteiger charge is -2.09. The maximum Gasteiger partial charge on any atom is 0.335 e. The minimum atomic E-state index is -0.895. The van der Waals surface area contributed by atoms with Crippen molar-refractivity contribution in [2.45, 2.75) is 13.8 Å². The molecule has 0 amide bonds. The minimum Gasteiger partial charge on any atom is -0.478 e. The number of rotatable bonds is 2. The summed E-state index contributed by atoms with van der Waals surface area (Å²) in [6, 6.07) is 17.8. The van der Waals surface area contributed by atoms with Crippen LogP contribution in [0.5, 0.6) is 0 Å². The van der Waals surface area contributed by atoms with Crippen LogP contribution in [0.15, 0.2) is 54.6 Å². The summed E-state index contributed by atoms with van der Waals surface area (Å²) < 4.78 is 0. The van der Waals surface area contributed by atoms with Crippen molar-refractivity contribution in [3.8, 4) is 11.1 Å². The summed E-state index contributed by atoms with van der Waals surface area (Å²) in [7, 11) is 0. The van der Waals surface area contributed by atoms with Gasteiger partial charge >= 0.3 is 5.97 Å². The van der Waals surface area contributed by atoms with Gasteiger partial charge in [0.1, 0.15) is 0 Å². The van der Waals surface area contributed by atoms with Gasteiger partial charge in [-0.05, 0) is 59.5 Å². The number of carboxylic acid groups (broad SMARTS) is 1. The molecule has 0 radical (unpaired) electrons. The molecule has 0 unspecified atom stereocenters. The second-order valence-electron chi connectivity index (χ2n) is 5.40. The number of hydrogen-bond donors (Lipinski definition) is 1. The lowest BCUT2D eigenvalue weighted by atomic mass is 9.95. The third-order valence-corrected chi connectivity index (χ3v) is 3.79. The Morgan fingerprint density at radius 1 is 0.857 bits per heavy atom. The highest BCUT2D eigenvalue weighted by Crippen LogP contribution is 2.28. The van der Waals surface area contributed by atoms with Crippen LogP contribution in [0.3, 0.4) is 0 Å².